The van der Waals surface area contributed by atoms with Gasteiger partial charge < -0.3 is 4.90 Å². The first-order chi connectivity index (χ1) is 10.1. The van der Waals surface area contributed by atoms with Gasteiger partial charge in [-0.25, -0.2) is 0 Å². The smallest absolute Gasteiger partial charge is 0.167 e. The predicted molar refractivity (Wildman–Crippen MR) is 94.3 cm³/mol. The van der Waals surface area contributed by atoms with Crippen LogP contribution < -0.4 is 0 Å². The van der Waals surface area contributed by atoms with Crippen molar-refractivity contribution in [2.75, 3.05) is 19.6 Å². The van der Waals surface area contributed by atoms with E-state index in [0.717, 1.165) is 18.5 Å². The molecular formula is C19H28ClNO. The van der Waals surface area contributed by atoms with Crippen LogP contribution in [0, 0.1) is 19.8 Å². The van der Waals surface area contributed by atoms with Crippen molar-refractivity contribution >= 4 is 18.2 Å². The van der Waals surface area contributed by atoms with Crippen molar-refractivity contribution in [2.45, 2.75) is 52.4 Å². The molecule has 2 nitrogen and oxygen atoms in total. The van der Waals surface area contributed by atoms with E-state index >= 15 is 0 Å². The summed E-state index contributed by atoms with van der Waals surface area (Å²) in [5, 5.41) is 0. The molecule has 0 bridgehead atoms. The highest BCUT2D eigenvalue weighted by Gasteiger charge is 2.33. The van der Waals surface area contributed by atoms with E-state index in [2.05, 4.69) is 37.8 Å². The minimum absolute atomic E-state index is 0. The van der Waals surface area contributed by atoms with E-state index in [1.807, 2.05) is 0 Å². The van der Waals surface area contributed by atoms with Crippen molar-refractivity contribution in [1.82, 2.24) is 4.90 Å². The number of carbonyl (C=O) groups excluding carboxylic acids is 1. The first kappa shape index (κ1) is 17.5. The number of likely N-dealkylation sites (tertiary alicyclic amines) is 1. The zero-order chi connectivity index (χ0) is 15.0. The van der Waals surface area contributed by atoms with Crippen LogP contribution in [0.3, 0.4) is 0 Å². The highest BCUT2D eigenvalue weighted by molar-refractivity contribution is 6.01. The van der Waals surface area contributed by atoms with Gasteiger partial charge in [0.2, 0.25) is 0 Å². The molecular weight excluding hydrogens is 294 g/mol. The van der Waals surface area contributed by atoms with Crippen LogP contribution >= 0.6 is 12.4 Å². The Kier molecular flexibility index (Phi) is 5.68. The summed E-state index contributed by atoms with van der Waals surface area (Å²) in [6.45, 7) is 9.86. The standard InChI is InChI=1S/C19H27NO.ClH/c1-13-10-17-15(3)9-16(12-20-7-5-4-6-8-20)19(21)18(17)11-14(13)2;/h10-11,15-16H,4-9,12H2,1-3H3;1H. The third-order valence-corrected chi connectivity index (χ3v) is 5.40. The number of piperidine rings is 1. The number of hydrogen-bond acceptors (Lipinski definition) is 2. The zero-order valence-electron chi connectivity index (χ0n) is 14.0. The molecule has 1 aliphatic carbocycles. The molecule has 0 saturated carbocycles. The van der Waals surface area contributed by atoms with Crippen molar-refractivity contribution in [3.63, 3.8) is 0 Å². The summed E-state index contributed by atoms with van der Waals surface area (Å²) in [6, 6.07) is 4.37. The van der Waals surface area contributed by atoms with Gasteiger partial charge in [-0.15, -0.1) is 12.4 Å². The van der Waals surface area contributed by atoms with Crippen molar-refractivity contribution in [3.05, 3.63) is 34.4 Å². The fraction of sp³-hybridized carbons (Fsp3) is 0.632. The van der Waals surface area contributed by atoms with Gasteiger partial charge in [-0.1, -0.05) is 19.4 Å². The van der Waals surface area contributed by atoms with E-state index in [4.69, 9.17) is 0 Å². The molecule has 22 heavy (non-hydrogen) atoms. The summed E-state index contributed by atoms with van der Waals surface area (Å²) in [7, 11) is 0. The Labute approximate surface area is 140 Å². The van der Waals surface area contributed by atoms with Crippen LogP contribution in [0.2, 0.25) is 0 Å². The molecule has 1 aromatic rings. The number of fused-ring (bicyclic) bond motifs is 1. The topological polar surface area (TPSA) is 20.3 Å². The van der Waals surface area contributed by atoms with Gasteiger partial charge in [0.05, 0.1) is 0 Å². The Bertz CT molecular complexity index is 549. The third-order valence-electron chi connectivity index (χ3n) is 5.40. The van der Waals surface area contributed by atoms with E-state index < -0.39 is 0 Å². The largest absolute Gasteiger partial charge is 0.303 e. The van der Waals surface area contributed by atoms with Crippen LogP contribution in [0.25, 0.3) is 0 Å². The number of hydrogen-bond donors (Lipinski definition) is 0. The molecule has 3 heteroatoms. The minimum Gasteiger partial charge on any atom is -0.303 e. The lowest BCUT2D eigenvalue weighted by atomic mass is 9.75. The van der Waals surface area contributed by atoms with Gasteiger partial charge >= 0.3 is 0 Å². The number of carbonyl (C=O) groups is 1. The maximum absolute atomic E-state index is 12.9. The maximum Gasteiger partial charge on any atom is 0.167 e. The van der Waals surface area contributed by atoms with E-state index in [-0.39, 0.29) is 18.3 Å². The molecule has 1 aromatic carbocycles. The van der Waals surface area contributed by atoms with Crippen molar-refractivity contribution in [1.29, 1.82) is 0 Å². The molecule has 2 unspecified atom stereocenters. The van der Waals surface area contributed by atoms with E-state index in [1.54, 1.807) is 0 Å². The second-order valence-electron chi connectivity index (χ2n) is 7.08. The molecule has 0 radical (unpaired) electrons. The Morgan fingerprint density at radius 2 is 1.73 bits per heavy atom. The average Bonchev–Trinajstić information content (AvgIpc) is 2.48. The van der Waals surface area contributed by atoms with Gasteiger partial charge in [0, 0.05) is 18.0 Å². The fourth-order valence-corrected chi connectivity index (χ4v) is 3.95. The van der Waals surface area contributed by atoms with Crippen LogP contribution in [0.15, 0.2) is 12.1 Å². The minimum atomic E-state index is 0. The lowest BCUT2D eigenvalue weighted by Gasteiger charge is -2.34. The van der Waals surface area contributed by atoms with Crippen LogP contribution in [0.4, 0.5) is 0 Å². The zero-order valence-corrected chi connectivity index (χ0v) is 14.8. The van der Waals surface area contributed by atoms with Crippen molar-refractivity contribution in [2.24, 2.45) is 5.92 Å². The highest BCUT2D eigenvalue weighted by Crippen LogP contribution is 2.36. The van der Waals surface area contributed by atoms with Crippen LogP contribution in [0.1, 0.15) is 65.6 Å². The number of halogens is 1. The third kappa shape index (κ3) is 3.38. The molecule has 3 rings (SSSR count). The monoisotopic (exact) mass is 321 g/mol. The molecule has 1 saturated heterocycles. The summed E-state index contributed by atoms with van der Waals surface area (Å²) in [5.41, 5.74) is 4.83. The van der Waals surface area contributed by atoms with Crippen molar-refractivity contribution < 1.29 is 4.79 Å². The lowest BCUT2D eigenvalue weighted by Crippen LogP contribution is -2.39. The van der Waals surface area contributed by atoms with Gasteiger partial charge in [-0.3, -0.25) is 4.79 Å². The van der Waals surface area contributed by atoms with Crippen LogP contribution in [0.5, 0.6) is 0 Å². The molecule has 2 aliphatic rings. The fourth-order valence-electron chi connectivity index (χ4n) is 3.95. The quantitative estimate of drug-likeness (QED) is 0.798. The van der Waals surface area contributed by atoms with Gasteiger partial charge in [0.1, 0.15) is 0 Å². The van der Waals surface area contributed by atoms with Gasteiger partial charge in [-0.05, 0) is 74.9 Å². The molecule has 0 amide bonds. The number of rotatable bonds is 2. The molecule has 0 aromatic heterocycles. The van der Waals surface area contributed by atoms with Crippen LogP contribution in [-0.4, -0.2) is 30.3 Å². The van der Waals surface area contributed by atoms with E-state index in [0.29, 0.717) is 11.7 Å². The summed E-state index contributed by atoms with van der Waals surface area (Å²) in [6.07, 6.45) is 4.97. The number of benzene rings is 1. The normalized spacial score (nSPS) is 25.5. The second-order valence-corrected chi connectivity index (χ2v) is 7.08. The number of nitrogens with zero attached hydrogens (tertiary/aromatic N) is 1. The molecule has 0 N–H and O–H groups in total. The Hall–Kier alpha value is -0.860. The number of aryl methyl sites for hydroxylation is 2. The van der Waals surface area contributed by atoms with Gasteiger partial charge in [-0.2, -0.15) is 0 Å². The SMILES string of the molecule is Cc1cc2c(cc1C)C(C)CC(CN1CCCCC1)C2=O.Cl. The molecule has 1 fully saturated rings. The second kappa shape index (κ2) is 7.14. The first-order valence-corrected chi connectivity index (χ1v) is 8.44. The Morgan fingerprint density at radius 3 is 2.41 bits per heavy atom. The van der Waals surface area contributed by atoms with E-state index in [9.17, 15) is 4.79 Å². The maximum atomic E-state index is 12.9. The molecule has 0 spiro atoms. The summed E-state index contributed by atoms with van der Waals surface area (Å²) < 4.78 is 0. The first-order valence-electron chi connectivity index (χ1n) is 8.44. The summed E-state index contributed by atoms with van der Waals surface area (Å²) in [5.74, 6) is 1.09. The number of Topliss-reactive ketones (excluding diaryl/α,β-unsaturated/α-hetero) is 1. The summed E-state index contributed by atoms with van der Waals surface area (Å²) >= 11 is 0. The predicted octanol–water partition coefficient (Wildman–Crippen LogP) is 4.52. The average molecular weight is 322 g/mol. The molecule has 1 aliphatic heterocycles. The number of ketones is 1. The Balaban J connectivity index is 0.00000176. The lowest BCUT2D eigenvalue weighted by molar-refractivity contribution is 0.0834. The molecule has 1 heterocycles. The van der Waals surface area contributed by atoms with Gasteiger partial charge in [0.15, 0.2) is 5.78 Å². The van der Waals surface area contributed by atoms with E-state index in [1.165, 1.54) is 49.0 Å². The highest BCUT2D eigenvalue weighted by atomic mass is 35.5. The van der Waals surface area contributed by atoms with Crippen LogP contribution in [-0.2, 0) is 0 Å². The summed E-state index contributed by atoms with van der Waals surface area (Å²) in [4.78, 5) is 15.4. The Morgan fingerprint density at radius 1 is 1.09 bits per heavy atom. The molecule has 122 valence electrons. The van der Waals surface area contributed by atoms with Crippen molar-refractivity contribution in [3.8, 4) is 0 Å². The van der Waals surface area contributed by atoms with Gasteiger partial charge in [0.25, 0.3) is 0 Å². The molecule has 2 atom stereocenters.